The van der Waals surface area contributed by atoms with Crippen molar-refractivity contribution < 1.29 is 0 Å². The molecule has 0 unspecified atom stereocenters. The molecule has 3 rings (SSSR count). The summed E-state index contributed by atoms with van der Waals surface area (Å²) in [4.78, 5) is 5.02. The van der Waals surface area contributed by atoms with Crippen molar-refractivity contribution in [2.45, 2.75) is 20.4 Å². The lowest BCUT2D eigenvalue weighted by molar-refractivity contribution is 0.257. The van der Waals surface area contributed by atoms with E-state index in [1.807, 2.05) is 0 Å². The minimum Gasteiger partial charge on any atom is -0.369 e. The number of H-pyrrole nitrogens is 1. The zero-order chi connectivity index (χ0) is 16.1. The molecule has 1 saturated heterocycles. The summed E-state index contributed by atoms with van der Waals surface area (Å²) in [6.45, 7) is 11.7. The molecule has 2 heterocycles. The second kappa shape index (κ2) is 7.62. The van der Waals surface area contributed by atoms with Crippen LogP contribution in [0.2, 0.25) is 0 Å². The first-order chi connectivity index (χ1) is 11.2. The maximum absolute atomic E-state index is 4.24. The fraction of sp³-hybridized carbons (Fsp3) is 0.500. The van der Waals surface area contributed by atoms with Crippen LogP contribution in [0.25, 0.3) is 0 Å². The third-order valence-electron chi connectivity index (χ3n) is 4.68. The molecule has 5 nitrogen and oxygen atoms in total. The molecule has 2 N–H and O–H groups in total. The SMILES string of the molecule is Cc1n[nH]c(C)c1CNCCN1CCN(c2ccccc2)CC1. The Hall–Kier alpha value is -1.85. The zero-order valence-electron chi connectivity index (χ0n) is 14.2. The van der Waals surface area contributed by atoms with Gasteiger partial charge in [0.2, 0.25) is 0 Å². The van der Waals surface area contributed by atoms with Crippen molar-refractivity contribution in [2.24, 2.45) is 0 Å². The van der Waals surface area contributed by atoms with Crippen LogP contribution >= 0.6 is 0 Å². The highest BCUT2D eigenvalue weighted by Gasteiger charge is 2.16. The monoisotopic (exact) mass is 313 g/mol. The fourth-order valence-electron chi connectivity index (χ4n) is 3.15. The van der Waals surface area contributed by atoms with E-state index >= 15 is 0 Å². The third-order valence-corrected chi connectivity index (χ3v) is 4.68. The fourth-order valence-corrected chi connectivity index (χ4v) is 3.15. The van der Waals surface area contributed by atoms with Crippen molar-refractivity contribution in [1.82, 2.24) is 20.4 Å². The van der Waals surface area contributed by atoms with Crippen LogP contribution in [-0.2, 0) is 6.54 Å². The molecule has 0 atom stereocenters. The Morgan fingerprint density at radius 2 is 1.83 bits per heavy atom. The number of aromatic amines is 1. The topological polar surface area (TPSA) is 47.2 Å². The Labute approximate surface area is 138 Å². The number of nitrogens with zero attached hydrogens (tertiary/aromatic N) is 3. The Morgan fingerprint density at radius 3 is 2.48 bits per heavy atom. The lowest BCUT2D eigenvalue weighted by Gasteiger charge is -2.36. The van der Waals surface area contributed by atoms with Crippen LogP contribution < -0.4 is 10.2 Å². The van der Waals surface area contributed by atoms with E-state index in [9.17, 15) is 0 Å². The second-order valence-corrected chi connectivity index (χ2v) is 6.25. The largest absolute Gasteiger partial charge is 0.369 e. The van der Waals surface area contributed by atoms with Gasteiger partial charge < -0.3 is 10.2 Å². The number of para-hydroxylation sites is 1. The number of aryl methyl sites for hydroxylation is 2. The molecule has 124 valence electrons. The molecular weight excluding hydrogens is 286 g/mol. The van der Waals surface area contributed by atoms with E-state index in [0.717, 1.165) is 51.5 Å². The standard InChI is InChI=1S/C18H27N5/c1-15-18(16(2)21-20-15)14-19-8-9-22-10-12-23(13-11-22)17-6-4-3-5-7-17/h3-7,19H,8-14H2,1-2H3,(H,20,21). The number of nitrogens with one attached hydrogen (secondary N) is 2. The van der Waals surface area contributed by atoms with Crippen LogP contribution in [0.4, 0.5) is 5.69 Å². The average molecular weight is 313 g/mol. The second-order valence-electron chi connectivity index (χ2n) is 6.25. The van der Waals surface area contributed by atoms with Gasteiger partial charge >= 0.3 is 0 Å². The first-order valence-corrected chi connectivity index (χ1v) is 8.47. The minimum atomic E-state index is 0.901. The molecule has 5 heteroatoms. The van der Waals surface area contributed by atoms with Crippen molar-refractivity contribution in [3.63, 3.8) is 0 Å². The average Bonchev–Trinajstić information content (AvgIpc) is 2.92. The van der Waals surface area contributed by atoms with E-state index in [2.05, 4.69) is 69.5 Å². The highest BCUT2D eigenvalue weighted by atomic mass is 15.3. The highest BCUT2D eigenvalue weighted by molar-refractivity contribution is 5.46. The van der Waals surface area contributed by atoms with Gasteiger partial charge in [0.25, 0.3) is 0 Å². The van der Waals surface area contributed by atoms with Gasteiger partial charge in [-0.05, 0) is 26.0 Å². The first kappa shape index (κ1) is 16.0. The summed E-state index contributed by atoms with van der Waals surface area (Å²) in [5.41, 5.74) is 4.92. The maximum Gasteiger partial charge on any atom is 0.0638 e. The normalized spacial score (nSPS) is 16.0. The molecule has 1 aliphatic rings. The van der Waals surface area contributed by atoms with Crippen molar-refractivity contribution in [2.75, 3.05) is 44.2 Å². The first-order valence-electron chi connectivity index (χ1n) is 8.47. The van der Waals surface area contributed by atoms with Crippen LogP contribution in [-0.4, -0.2) is 54.4 Å². The highest BCUT2D eigenvalue weighted by Crippen LogP contribution is 2.15. The van der Waals surface area contributed by atoms with Crippen LogP contribution in [0.3, 0.4) is 0 Å². The molecule has 0 saturated carbocycles. The number of piperazine rings is 1. The number of anilines is 1. The van der Waals surface area contributed by atoms with Gasteiger partial charge in [0.15, 0.2) is 0 Å². The molecule has 0 radical (unpaired) electrons. The Kier molecular flexibility index (Phi) is 5.31. The number of hydrogen-bond donors (Lipinski definition) is 2. The number of aromatic nitrogens is 2. The van der Waals surface area contributed by atoms with Gasteiger partial charge in [0.05, 0.1) is 5.69 Å². The molecule has 2 aromatic rings. The molecule has 1 fully saturated rings. The van der Waals surface area contributed by atoms with Crippen LogP contribution in [0.5, 0.6) is 0 Å². The predicted octanol–water partition coefficient (Wildman–Crippen LogP) is 1.94. The van der Waals surface area contributed by atoms with E-state index < -0.39 is 0 Å². The Bertz CT molecular complexity index is 580. The summed E-state index contributed by atoms with van der Waals surface area (Å²) in [6.07, 6.45) is 0. The lowest BCUT2D eigenvalue weighted by atomic mass is 10.2. The van der Waals surface area contributed by atoms with E-state index in [1.165, 1.54) is 16.9 Å². The molecule has 1 aliphatic heterocycles. The summed E-state index contributed by atoms with van der Waals surface area (Å²) in [5.74, 6) is 0. The lowest BCUT2D eigenvalue weighted by Crippen LogP contribution is -2.48. The van der Waals surface area contributed by atoms with Gasteiger partial charge in [-0.15, -0.1) is 0 Å². The summed E-state index contributed by atoms with van der Waals surface area (Å²) in [5, 5.41) is 10.8. The van der Waals surface area contributed by atoms with Gasteiger partial charge in [-0.3, -0.25) is 10.00 Å². The number of rotatable bonds is 6. The quantitative estimate of drug-likeness (QED) is 0.800. The third kappa shape index (κ3) is 4.12. The van der Waals surface area contributed by atoms with Crippen LogP contribution in [0.1, 0.15) is 17.0 Å². The van der Waals surface area contributed by atoms with Gasteiger partial charge in [0.1, 0.15) is 0 Å². The summed E-state index contributed by atoms with van der Waals surface area (Å²) in [7, 11) is 0. The van der Waals surface area contributed by atoms with E-state index in [0.29, 0.717) is 0 Å². The molecule has 1 aromatic heterocycles. The van der Waals surface area contributed by atoms with E-state index in [-0.39, 0.29) is 0 Å². The van der Waals surface area contributed by atoms with Crippen molar-refractivity contribution in [3.05, 3.63) is 47.3 Å². The Balaban J connectivity index is 1.37. The molecule has 0 bridgehead atoms. The van der Waals surface area contributed by atoms with Crippen molar-refractivity contribution in [1.29, 1.82) is 0 Å². The number of benzene rings is 1. The summed E-state index contributed by atoms with van der Waals surface area (Å²) in [6, 6.07) is 10.7. The van der Waals surface area contributed by atoms with Crippen LogP contribution in [0.15, 0.2) is 30.3 Å². The van der Waals surface area contributed by atoms with E-state index in [4.69, 9.17) is 0 Å². The maximum atomic E-state index is 4.24. The van der Waals surface area contributed by atoms with Crippen molar-refractivity contribution >= 4 is 5.69 Å². The molecular formula is C18H27N5. The van der Waals surface area contributed by atoms with Crippen LogP contribution in [0, 0.1) is 13.8 Å². The molecule has 0 spiro atoms. The molecule has 0 aliphatic carbocycles. The predicted molar refractivity (Wildman–Crippen MR) is 94.9 cm³/mol. The smallest absolute Gasteiger partial charge is 0.0638 e. The van der Waals surface area contributed by atoms with Crippen molar-refractivity contribution in [3.8, 4) is 0 Å². The minimum absolute atomic E-state index is 0.901. The van der Waals surface area contributed by atoms with Gasteiger partial charge in [-0.2, -0.15) is 5.10 Å². The summed E-state index contributed by atoms with van der Waals surface area (Å²) < 4.78 is 0. The molecule has 23 heavy (non-hydrogen) atoms. The van der Waals surface area contributed by atoms with Gasteiger partial charge in [-0.1, -0.05) is 18.2 Å². The zero-order valence-corrected chi connectivity index (χ0v) is 14.2. The Morgan fingerprint density at radius 1 is 1.09 bits per heavy atom. The molecule has 0 amide bonds. The van der Waals surface area contributed by atoms with Gasteiger partial charge in [0, 0.05) is 62.8 Å². The van der Waals surface area contributed by atoms with E-state index in [1.54, 1.807) is 0 Å². The molecule has 1 aromatic carbocycles. The number of hydrogen-bond acceptors (Lipinski definition) is 4. The summed E-state index contributed by atoms with van der Waals surface area (Å²) >= 11 is 0. The van der Waals surface area contributed by atoms with Gasteiger partial charge in [-0.25, -0.2) is 0 Å².